The van der Waals surface area contributed by atoms with Gasteiger partial charge in [0, 0.05) is 13.1 Å². The zero-order valence-electron chi connectivity index (χ0n) is 13.8. The molecule has 4 aromatic rings. The molecular formula is C21H22ClNO. The van der Waals surface area contributed by atoms with E-state index in [9.17, 15) is 5.11 Å². The minimum Gasteiger partial charge on any atom is -0.392 e. The Kier molecular flexibility index (Phi) is 4.91. The van der Waals surface area contributed by atoms with Crippen LogP contribution >= 0.6 is 12.4 Å². The molecule has 4 rings (SSSR count). The van der Waals surface area contributed by atoms with E-state index in [-0.39, 0.29) is 18.5 Å². The van der Waals surface area contributed by atoms with Crippen molar-refractivity contribution < 1.29 is 5.11 Å². The first kappa shape index (κ1) is 17.0. The first-order valence-corrected chi connectivity index (χ1v) is 8.32. The Bertz CT molecular complexity index is 950. The third-order valence-electron chi connectivity index (χ3n) is 4.79. The molecule has 124 valence electrons. The van der Waals surface area contributed by atoms with Gasteiger partial charge in [0.05, 0.1) is 6.10 Å². The van der Waals surface area contributed by atoms with Gasteiger partial charge in [0.1, 0.15) is 0 Å². The minimum atomic E-state index is -0.269. The van der Waals surface area contributed by atoms with Gasteiger partial charge < -0.3 is 10.4 Å². The van der Waals surface area contributed by atoms with Crippen LogP contribution in [-0.4, -0.2) is 17.8 Å². The lowest BCUT2D eigenvalue weighted by Gasteiger charge is -2.15. The highest BCUT2D eigenvalue weighted by Crippen LogP contribution is 2.35. The van der Waals surface area contributed by atoms with E-state index in [1.54, 1.807) is 0 Å². The maximum atomic E-state index is 9.71. The predicted octanol–water partition coefficient (Wildman–Crippen LogP) is 4.87. The lowest BCUT2D eigenvalue weighted by molar-refractivity contribution is 0.167. The zero-order chi connectivity index (χ0) is 15.8. The van der Waals surface area contributed by atoms with E-state index in [2.05, 4.69) is 59.9 Å². The number of rotatable bonds is 5. The number of halogens is 1. The highest BCUT2D eigenvalue weighted by atomic mass is 35.5. The van der Waals surface area contributed by atoms with Crippen LogP contribution in [0.25, 0.3) is 32.3 Å². The van der Waals surface area contributed by atoms with E-state index in [4.69, 9.17) is 0 Å². The van der Waals surface area contributed by atoms with Gasteiger partial charge in [-0.25, -0.2) is 0 Å². The summed E-state index contributed by atoms with van der Waals surface area (Å²) >= 11 is 0. The van der Waals surface area contributed by atoms with Crippen LogP contribution < -0.4 is 5.32 Å². The van der Waals surface area contributed by atoms with E-state index in [0.717, 1.165) is 13.0 Å². The lowest BCUT2D eigenvalue weighted by atomic mass is 9.92. The van der Waals surface area contributed by atoms with Crippen LogP contribution in [0.2, 0.25) is 0 Å². The van der Waals surface area contributed by atoms with Gasteiger partial charge in [0.15, 0.2) is 0 Å². The molecule has 0 saturated heterocycles. The van der Waals surface area contributed by atoms with Crippen LogP contribution in [0.5, 0.6) is 0 Å². The number of aliphatic hydroxyl groups is 1. The summed E-state index contributed by atoms with van der Waals surface area (Å²) in [5.41, 5.74) is 1.29. The number of benzene rings is 4. The molecule has 4 aromatic carbocycles. The quantitative estimate of drug-likeness (QED) is 0.508. The van der Waals surface area contributed by atoms with Crippen LogP contribution in [-0.2, 0) is 6.54 Å². The molecular weight excluding hydrogens is 318 g/mol. The van der Waals surface area contributed by atoms with Gasteiger partial charge in [-0.1, -0.05) is 61.5 Å². The minimum absolute atomic E-state index is 0. The van der Waals surface area contributed by atoms with Gasteiger partial charge >= 0.3 is 0 Å². The number of hydrogen-bond donors (Lipinski definition) is 2. The topological polar surface area (TPSA) is 32.3 Å². The van der Waals surface area contributed by atoms with Crippen molar-refractivity contribution in [3.63, 3.8) is 0 Å². The molecule has 2 N–H and O–H groups in total. The van der Waals surface area contributed by atoms with Gasteiger partial charge in [0.2, 0.25) is 0 Å². The van der Waals surface area contributed by atoms with Crippen molar-refractivity contribution in [2.45, 2.75) is 26.0 Å². The molecule has 1 unspecified atom stereocenters. The van der Waals surface area contributed by atoms with E-state index >= 15 is 0 Å². The molecule has 0 aliphatic carbocycles. The predicted molar refractivity (Wildman–Crippen MR) is 105 cm³/mol. The number of hydrogen-bond acceptors (Lipinski definition) is 2. The van der Waals surface area contributed by atoms with Crippen molar-refractivity contribution >= 4 is 44.7 Å². The van der Waals surface area contributed by atoms with Crippen molar-refractivity contribution in [1.82, 2.24) is 5.32 Å². The van der Waals surface area contributed by atoms with Gasteiger partial charge in [-0.15, -0.1) is 12.4 Å². The van der Waals surface area contributed by atoms with Crippen molar-refractivity contribution in [2.75, 3.05) is 6.54 Å². The second-order valence-electron chi connectivity index (χ2n) is 6.27. The fourth-order valence-corrected chi connectivity index (χ4v) is 3.47. The van der Waals surface area contributed by atoms with Crippen LogP contribution in [0.4, 0.5) is 0 Å². The smallest absolute Gasteiger partial charge is 0.0662 e. The largest absolute Gasteiger partial charge is 0.392 e. The fraction of sp³-hybridized carbons (Fsp3) is 0.238. The molecule has 3 heteroatoms. The second kappa shape index (κ2) is 6.94. The van der Waals surface area contributed by atoms with Gasteiger partial charge in [-0.2, -0.15) is 0 Å². The van der Waals surface area contributed by atoms with Crippen LogP contribution in [0.3, 0.4) is 0 Å². The highest BCUT2D eigenvalue weighted by Gasteiger charge is 2.10. The molecule has 0 spiro atoms. The summed E-state index contributed by atoms with van der Waals surface area (Å²) in [5.74, 6) is 0. The molecule has 24 heavy (non-hydrogen) atoms. The Labute approximate surface area is 148 Å². The fourth-order valence-electron chi connectivity index (χ4n) is 3.47. The molecule has 0 heterocycles. The zero-order valence-corrected chi connectivity index (χ0v) is 14.6. The summed E-state index contributed by atoms with van der Waals surface area (Å²) in [6, 6.07) is 19.8. The Morgan fingerprint density at radius 3 is 2.21 bits per heavy atom. The SMILES string of the molecule is CCC(O)CNCc1ccc2ccc3cccc4ccc1c2c34.Cl. The van der Waals surface area contributed by atoms with Gasteiger partial charge in [-0.05, 0) is 44.3 Å². The summed E-state index contributed by atoms with van der Waals surface area (Å²) in [7, 11) is 0. The Morgan fingerprint density at radius 1 is 0.875 bits per heavy atom. The summed E-state index contributed by atoms with van der Waals surface area (Å²) in [4.78, 5) is 0. The second-order valence-corrected chi connectivity index (χ2v) is 6.27. The van der Waals surface area contributed by atoms with E-state index in [1.165, 1.54) is 37.9 Å². The number of nitrogens with one attached hydrogen (secondary N) is 1. The van der Waals surface area contributed by atoms with E-state index in [1.807, 2.05) is 6.92 Å². The number of aliphatic hydroxyl groups excluding tert-OH is 1. The van der Waals surface area contributed by atoms with E-state index < -0.39 is 0 Å². The molecule has 0 amide bonds. The summed E-state index contributed by atoms with van der Waals surface area (Å²) in [6.45, 7) is 3.42. The normalized spacial score (nSPS) is 12.8. The molecule has 1 atom stereocenters. The van der Waals surface area contributed by atoms with Crippen molar-refractivity contribution in [3.05, 3.63) is 60.2 Å². The van der Waals surface area contributed by atoms with Crippen LogP contribution in [0, 0.1) is 0 Å². The monoisotopic (exact) mass is 339 g/mol. The molecule has 0 aliphatic heterocycles. The third-order valence-corrected chi connectivity index (χ3v) is 4.79. The Morgan fingerprint density at radius 2 is 1.50 bits per heavy atom. The first-order chi connectivity index (χ1) is 11.3. The molecule has 0 bridgehead atoms. The summed E-state index contributed by atoms with van der Waals surface area (Å²) < 4.78 is 0. The van der Waals surface area contributed by atoms with E-state index in [0.29, 0.717) is 6.54 Å². The summed E-state index contributed by atoms with van der Waals surface area (Å²) in [6.07, 6.45) is 0.514. The maximum Gasteiger partial charge on any atom is 0.0662 e. The van der Waals surface area contributed by atoms with Gasteiger partial charge in [0.25, 0.3) is 0 Å². The van der Waals surface area contributed by atoms with Crippen LogP contribution in [0.15, 0.2) is 54.6 Å². The first-order valence-electron chi connectivity index (χ1n) is 8.32. The average molecular weight is 340 g/mol. The lowest BCUT2D eigenvalue weighted by Crippen LogP contribution is -2.25. The molecule has 0 aliphatic rings. The molecule has 0 fully saturated rings. The molecule has 0 saturated carbocycles. The standard InChI is InChI=1S/C21H21NO.ClH/c1-2-18(23)13-22-12-17-9-8-16-7-6-14-4-3-5-15-10-11-19(17)21(16)20(14)15;/h3-11,18,22-23H,2,12-13H2,1H3;1H. The third kappa shape index (κ3) is 2.82. The van der Waals surface area contributed by atoms with Crippen molar-refractivity contribution in [2.24, 2.45) is 0 Å². The van der Waals surface area contributed by atoms with Crippen molar-refractivity contribution in [3.8, 4) is 0 Å². The Balaban J connectivity index is 0.00000169. The molecule has 0 radical (unpaired) electrons. The maximum absolute atomic E-state index is 9.71. The van der Waals surface area contributed by atoms with Crippen molar-refractivity contribution in [1.29, 1.82) is 0 Å². The summed E-state index contributed by atoms with van der Waals surface area (Å²) in [5, 5.41) is 21.0. The van der Waals surface area contributed by atoms with Crippen LogP contribution in [0.1, 0.15) is 18.9 Å². The average Bonchev–Trinajstić information content (AvgIpc) is 2.60. The molecule has 0 aromatic heterocycles. The highest BCUT2D eigenvalue weighted by molar-refractivity contribution is 6.23. The van der Waals surface area contributed by atoms with Gasteiger partial charge in [-0.3, -0.25) is 0 Å². The molecule has 2 nitrogen and oxygen atoms in total. The Hall–Kier alpha value is -1.87.